The summed E-state index contributed by atoms with van der Waals surface area (Å²) in [5, 5.41) is 0.776. The number of hydrogen-bond donors (Lipinski definition) is 0. The van der Waals surface area contributed by atoms with E-state index in [-0.39, 0.29) is 5.82 Å². The molecule has 0 aliphatic rings. The summed E-state index contributed by atoms with van der Waals surface area (Å²) in [5.74, 6) is -0.345. The predicted octanol–water partition coefficient (Wildman–Crippen LogP) is 3.85. The van der Waals surface area contributed by atoms with Crippen LogP contribution in [0.15, 0.2) is 54.6 Å². The van der Waals surface area contributed by atoms with Crippen LogP contribution in [0.4, 0.5) is 4.39 Å². The maximum absolute atomic E-state index is 13.8. The fourth-order valence-corrected chi connectivity index (χ4v) is 2.11. The van der Waals surface area contributed by atoms with Crippen LogP contribution in [0.25, 0.3) is 22.2 Å². The van der Waals surface area contributed by atoms with Crippen LogP contribution in [0.2, 0.25) is 0 Å². The van der Waals surface area contributed by atoms with Crippen molar-refractivity contribution in [1.82, 2.24) is 4.98 Å². The monoisotopic (exact) mass is 251 g/mol. The fourth-order valence-electron chi connectivity index (χ4n) is 2.11. The van der Waals surface area contributed by atoms with Gasteiger partial charge in [-0.15, -0.1) is 0 Å². The highest BCUT2D eigenvalue weighted by molar-refractivity contribution is 5.98. The molecule has 92 valence electrons. The maximum atomic E-state index is 13.8. The molecular weight excluding hydrogens is 241 g/mol. The van der Waals surface area contributed by atoms with Crippen molar-refractivity contribution in [2.75, 3.05) is 0 Å². The maximum Gasteiger partial charge on any atom is 0.150 e. The normalized spacial score (nSPS) is 10.6. The SMILES string of the molecule is O=Cc1cc(-c2ccccc2F)nc2ccccc12. The number of carbonyl (C=O) groups excluding carboxylic acids is 1. The summed E-state index contributed by atoms with van der Waals surface area (Å²) >= 11 is 0. The quantitative estimate of drug-likeness (QED) is 0.647. The Morgan fingerprint density at radius 1 is 1.00 bits per heavy atom. The van der Waals surface area contributed by atoms with Crippen LogP contribution in [-0.2, 0) is 0 Å². The molecule has 0 amide bonds. The molecule has 0 N–H and O–H groups in total. The smallest absolute Gasteiger partial charge is 0.150 e. The molecule has 0 atom stereocenters. The van der Waals surface area contributed by atoms with Gasteiger partial charge in [0.25, 0.3) is 0 Å². The molecule has 19 heavy (non-hydrogen) atoms. The van der Waals surface area contributed by atoms with Crippen LogP contribution < -0.4 is 0 Å². The van der Waals surface area contributed by atoms with Crippen molar-refractivity contribution in [2.45, 2.75) is 0 Å². The van der Waals surface area contributed by atoms with Gasteiger partial charge >= 0.3 is 0 Å². The number of halogens is 1. The van der Waals surface area contributed by atoms with Gasteiger partial charge in [-0.25, -0.2) is 9.37 Å². The molecule has 2 aromatic carbocycles. The van der Waals surface area contributed by atoms with E-state index >= 15 is 0 Å². The lowest BCUT2D eigenvalue weighted by molar-refractivity contribution is 0.112. The number of fused-ring (bicyclic) bond motifs is 1. The Morgan fingerprint density at radius 2 is 1.74 bits per heavy atom. The molecule has 1 heterocycles. The number of hydrogen-bond acceptors (Lipinski definition) is 2. The van der Waals surface area contributed by atoms with Gasteiger partial charge in [0, 0.05) is 16.5 Å². The Morgan fingerprint density at radius 3 is 2.53 bits per heavy atom. The summed E-state index contributed by atoms with van der Waals surface area (Å²) in [6.07, 6.45) is 0.772. The molecular formula is C16H10FNO. The second-order valence-electron chi connectivity index (χ2n) is 4.21. The second-order valence-corrected chi connectivity index (χ2v) is 4.21. The molecule has 0 aliphatic heterocycles. The Balaban J connectivity index is 2.32. The average Bonchev–Trinajstić information content (AvgIpc) is 2.46. The second kappa shape index (κ2) is 4.61. The summed E-state index contributed by atoms with van der Waals surface area (Å²) in [5.41, 5.74) is 2.07. The van der Waals surface area contributed by atoms with Crippen molar-refractivity contribution in [3.8, 4) is 11.3 Å². The van der Waals surface area contributed by atoms with Crippen molar-refractivity contribution in [2.24, 2.45) is 0 Å². The first kappa shape index (κ1) is 11.5. The third-order valence-electron chi connectivity index (χ3n) is 3.02. The molecule has 3 heteroatoms. The third kappa shape index (κ3) is 1.99. The lowest BCUT2D eigenvalue weighted by atomic mass is 10.0. The topological polar surface area (TPSA) is 30.0 Å². The van der Waals surface area contributed by atoms with E-state index in [9.17, 15) is 9.18 Å². The first-order valence-electron chi connectivity index (χ1n) is 5.89. The molecule has 0 aliphatic carbocycles. The summed E-state index contributed by atoms with van der Waals surface area (Å²) in [6.45, 7) is 0. The van der Waals surface area contributed by atoms with Gasteiger partial charge in [-0.05, 0) is 24.3 Å². The molecule has 0 saturated carbocycles. The Labute approximate surface area is 109 Å². The van der Waals surface area contributed by atoms with E-state index in [1.54, 1.807) is 24.3 Å². The summed E-state index contributed by atoms with van der Waals surface area (Å²) < 4.78 is 13.8. The number of carbonyl (C=O) groups is 1. The van der Waals surface area contributed by atoms with Gasteiger partial charge < -0.3 is 0 Å². The van der Waals surface area contributed by atoms with Gasteiger partial charge in [-0.2, -0.15) is 0 Å². The predicted molar refractivity (Wildman–Crippen MR) is 72.5 cm³/mol. The molecule has 0 radical (unpaired) electrons. The van der Waals surface area contributed by atoms with Crippen LogP contribution >= 0.6 is 0 Å². The molecule has 1 aromatic heterocycles. The molecule has 2 nitrogen and oxygen atoms in total. The van der Waals surface area contributed by atoms with Gasteiger partial charge in [0.05, 0.1) is 11.2 Å². The zero-order chi connectivity index (χ0) is 13.2. The first-order chi connectivity index (χ1) is 9.29. The van der Waals surface area contributed by atoms with Gasteiger partial charge in [-0.3, -0.25) is 4.79 Å². The average molecular weight is 251 g/mol. The van der Waals surface area contributed by atoms with Gasteiger partial charge in [-0.1, -0.05) is 30.3 Å². The van der Waals surface area contributed by atoms with E-state index < -0.39 is 0 Å². The lowest BCUT2D eigenvalue weighted by Gasteiger charge is -2.06. The zero-order valence-corrected chi connectivity index (χ0v) is 10.0. The van der Waals surface area contributed by atoms with Crippen LogP contribution in [0.3, 0.4) is 0 Å². The lowest BCUT2D eigenvalue weighted by Crippen LogP contribution is -1.93. The van der Waals surface area contributed by atoms with Crippen LogP contribution in [0, 0.1) is 5.82 Å². The summed E-state index contributed by atoms with van der Waals surface area (Å²) in [6, 6.07) is 15.4. The van der Waals surface area contributed by atoms with Crippen molar-refractivity contribution in [3.63, 3.8) is 0 Å². The number of nitrogens with zero attached hydrogens (tertiary/aromatic N) is 1. The highest BCUT2D eigenvalue weighted by Gasteiger charge is 2.09. The van der Waals surface area contributed by atoms with E-state index in [4.69, 9.17) is 0 Å². The number of benzene rings is 2. The largest absolute Gasteiger partial charge is 0.298 e. The van der Waals surface area contributed by atoms with Crippen molar-refractivity contribution < 1.29 is 9.18 Å². The number of aromatic nitrogens is 1. The molecule has 0 fully saturated rings. The Hall–Kier alpha value is -2.55. The molecule has 3 rings (SSSR count). The minimum Gasteiger partial charge on any atom is -0.298 e. The third-order valence-corrected chi connectivity index (χ3v) is 3.02. The minimum absolute atomic E-state index is 0.345. The molecule has 3 aromatic rings. The summed E-state index contributed by atoms with van der Waals surface area (Å²) in [4.78, 5) is 15.6. The van der Waals surface area contributed by atoms with Crippen LogP contribution in [0.1, 0.15) is 10.4 Å². The molecule has 0 bridgehead atoms. The molecule has 0 saturated heterocycles. The minimum atomic E-state index is -0.345. The van der Waals surface area contributed by atoms with Crippen molar-refractivity contribution >= 4 is 17.2 Å². The standard InChI is InChI=1S/C16H10FNO/c17-14-7-3-1-6-13(14)16-9-11(10-19)12-5-2-4-8-15(12)18-16/h1-10H. The van der Waals surface area contributed by atoms with Crippen molar-refractivity contribution in [1.29, 1.82) is 0 Å². The number of rotatable bonds is 2. The number of para-hydroxylation sites is 1. The van der Waals surface area contributed by atoms with E-state index in [1.807, 2.05) is 24.3 Å². The zero-order valence-electron chi connectivity index (χ0n) is 10.0. The Kier molecular flexibility index (Phi) is 2.80. The summed E-state index contributed by atoms with van der Waals surface area (Å²) in [7, 11) is 0. The van der Waals surface area contributed by atoms with Crippen LogP contribution in [-0.4, -0.2) is 11.3 Å². The first-order valence-corrected chi connectivity index (χ1v) is 5.89. The highest BCUT2D eigenvalue weighted by Crippen LogP contribution is 2.25. The highest BCUT2D eigenvalue weighted by atomic mass is 19.1. The molecule has 0 unspecified atom stereocenters. The van der Waals surface area contributed by atoms with Crippen molar-refractivity contribution in [3.05, 3.63) is 66.0 Å². The van der Waals surface area contributed by atoms with E-state index in [2.05, 4.69) is 4.98 Å². The van der Waals surface area contributed by atoms with E-state index in [0.29, 0.717) is 22.3 Å². The van der Waals surface area contributed by atoms with Gasteiger partial charge in [0.1, 0.15) is 5.82 Å². The number of aldehydes is 1. The van der Waals surface area contributed by atoms with Gasteiger partial charge in [0.2, 0.25) is 0 Å². The Bertz CT molecular complexity index is 768. The van der Waals surface area contributed by atoms with Crippen LogP contribution in [0.5, 0.6) is 0 Å². The van der Waals surface area contributed by atoms with Gasteiger partial charge in [0.15, 0.2) is 6.29 Å². The van der Waals surface area contributed by atoms with E-state index in [1.165, 1.54) is 6.07 Å². The number of pyridine rings is 1. The fraction of sp³-hybridized carbons (Fsp3) is 0. The van der Waals surface area contributed by atoms with E-state index in [0.717, 1.165) is 11.7 Å². The molecule has 0 spiro atoms.